The summed E-state index contributed by atoms with van der Waals surface area (Å²) in [6, 6.07) is 0. The maximum absolute atomic E-state index is 12.3. The number of carbonyl (C=O) groups is 1. The second-order valence-electron chi connectivity index (χ2n) is 6.58. The number of ether oxygens (including phenoxy) is 1. The highest BCUT2D eigenvalue weighted by atomic mass is 16.5. The lowest BCUT2D eigenvalue weighted by molar-refractivity contribution is -0.124. The smallest absolute Gasteiger partial charge is 0.253 e. The van der Waals surface area contributed by atoms with Gasteiger partial charge in [-0.2, -0.15) is 0 Å². The molecule has 0 aromatic rings. The Morgan fingerprint density at radius 1 is 1.24 bits per heavy atom. The molecule has 2 N–H and O–H groups in total. The van der Waals surface area contributed by atoms with E-state index in [1.165, 1.54) is 0 Å². The number of hydrogen-bond donors (Lipinski definition) is 2. The Hall–Kier alpha value is -0.940. The highest BCUT2D eigenvalue weighted by Gasteiger charge is 2.45. The van der Waals surface area contributed by atoms with Crippen molar-refractivity contribution >= 4 is 11.7 Å². The van der Waals surface area contributed by atoms with Crippen LogP contribution in [0.4, 0.5) is 0 Å². The van der Waals surface area contributed by atoms with Crippen molar-refractivity contribution < 1.29 is 9.53 Å². The first kappa shape index (κ1) is 15.0. The molecule has 2 heterocycles. The van der Waals surface area contributed by atoms with Gasteiger partial charge in [0, 0.05) is 12.5 Å². The number of rotatable bonds is 4. The Labute approximate surface area is 126 Å². The minimum absolute atomic E-state index is 0.128. The molecule has 5 nitrogen and oxygen atoms in total. The molecule has 0 atom stereocenters. The van der Waals surface area contributed by atoms with Gasteiger partial charge in [0.25, 0.3) is 5.91 Å². The van der Waals surface area contributed by atoms with E-state index < -0.39 is 5.54 Å². The number of amides is 1. The van der Waals surface area contributed by atoms with E-state index in [1.807, 2.05) is 0 Å². The Kier molecular flexibility index (Phi) is 4.60. The topological polar surface area (TPSA) is 62.7 Å². The van der Waals surface area contributed by atoms with Gasteiger partial charge in [-0.3, -0.25) is 9.79 Å². The molecule has 0 bridgehead atoms. The van der Waals surface area contributed by atoms with Crippen LogP contribution in [0.2, 0.25) is 0 Å². The minimum Gasteiger partial charge on any atom is -0.378 e. The molecule has 2 fully saturated rings. The van der Waals surface area contributed by atoms with Gasteiger partial charge in [0.15, 0.2) is 0 Å². The lowest BCUT2D eigenvalue weighted by Gasteiger charge is -2.29. The fourth-order valence-corrected chi connectivity index (χ4v) is 3.70. The highest BCUT2D eigenvalue weighted by molar-refractivity contribution is 6.09. The van der Waals surface area contributed by atoms with Crippen LogP contribution in [-0.4, -0.2) is 43.1 Å². The number of carbonyl (C=O) groups excluding carboxylic acids is 1. The van der Waals surface area contributed by atoms with Gasteiger partial charge >= 0.3 is 0 Å². The molecule has 5 heteroatoms. The van der Waals surface area contributed by atoms with Gasteiger partial charge in [-0.15, -0.1) is 0 Å². The first-order valence-electron chi connectivity index (χ1n) is 8.47. The van der Waals surface area contributed by atoms with Gasteiger partial charge in [0.1, 0.15) is 11.4 Å². The summed E-state index contributed by atoms with van der Waals surface area (Å²) < 4.78 is 5.84. The highest BCUT2D eigenvalue weighted by Crippen LogP contribution is 2.33. The molecule has 118 valence electrons. The molecule has 1 aliphatic carbocycles. The van der Waals surface area contributed by atoms with Gasteiger partial charge in [-0.25, -0.2) is 0 Å². The first-order valence-corrected chi connectivity index (χ1v) is 8.47. The molecule has 0 aromatic heterocycles. The summed E-state index contributed by atoms with van der Waals surface area (Å²) in [5, 5.41) is 6.39. The van der Waals surface area contributed by atoms with Crippen LogP contribution in [0.1, 0.15) is 51.9 Å². The lowest BCUT2D eigenvalue weighted by Crippen LogP contribution is -2.47. The maximum atomic E-state index is 12.3. The summed E-state index contributed by atoms with van der Waals surface area (Å²) in [6.45, 7) is 4.79. The van der Waals surface area contributed by atoms with Gasteiger partial charge < -0.3 is 15.4 Å². The lowest BCUT2D eigenvalue weighted by atomic mass is 9.86. The summed E-state index contributed by atoms with van der Waals surface area (Å²) in [5.74, 6) is 1.50. The number of nitrogens with zero attached hydrogens (tertiary/aromatic N) is 1. The number of hydrogen-bond acceptors (Lipinski definition) is 4. The largest absolute Gasteiger partial charge is 0.378 e. The molecule has 1 amide bonds. The van der Waals surface area contributed by atoms with Crippen molar-refractivity contribution in [2.24, 2.45) is 10.9 Å². The van der Waals surface area contributed by atoms with E-state index in [1.54, 1.807) is 0 Å². The molecule has 2 aliphatic heterocycles. The van der Waals surface area contributed by atoms with Crippen molar-refractivity contribution in [2.45, 2.75) is 63.5 Å². The summed E-state index contributed by atoms with van der Waals surface area (Å²) in [7, 11) is 0. The molecule has 0 aromatic carbocycles. The van der Waals surface area contributed by atoms with E-state index in [-0.39, 0.29) is 5.91 Å². The molecule has 3 aliphatic rings. The SMILES string of the molecule is CCCOC1CCC(C2=NC3(CCNCC3)C(=O)N2)CC1. The van der Waals surface area contributed by atoms with E-state index in [0.29, 0.717) is 12.0 Å². The molecule has 1 saturated heterocycles. The predicted octanol–water partition coefficient (Wildman–Crippen LogP) is 1.62. The zero-order valence-corrected chi connectivity index (χ0v) is 13.0. The number of piperidine rings is 1. The van der Waals surface area contributed by atoms with Crippen LogP contribution in [0.15, 0.2) is 4.99 Å². The summed E-state index contributed by atoms with van der Waals surface area (Å²) in [5.41, 5.74) is -0.462. The second-order valence-corrected chi connectivity index (χ2v) is 6.58. The number of aliphatic imine (C=N–C) groups is 1. The van der Waals surface area contributed by atoms with Gasteiger partial charge in [0.05, 0.1) is 6.10 Å². The molecular weight excluding hydrogens is 266 g/mol. The molecule has 21 heavy (non-hydrogen) atoms. The van der Waals surface area contributed by atoms with Crippen LogP contribution in [0, 0.1) is 5.92 Å². The summed E-state index contributed by atoms with van der Waals surface area (Å²) >= 11 is 0. The molecule has 1 spiro atoms. The van der Waals surface area contributed by atoms with E-state index in [4.69, 9.17) is 9.73 Å². The van der Waals surface area contributed by atoms with Crippen LogP contribution < -0.4 is 10.6 Å². The zero-order chi connectivity index (χ0) is 14.7. The molecule has 3 rings (SSSR count). The van der Waals surface area contributed by atoms with Crippen LogP contribution in [-0.2, 0) is 9.53 Å². The predicted molar refractivity (Wildman–Crippen MR) is 82.4 cm³/mol. The monoisotopic (exact) mass is 293 g/mol. The van der Waals surface area contributed by atoms with Crippen LogP contribution in [0.5, 0.6) is 0 Å². The molecule has 0 unspecified atom stereocenters. The van der Waals surface area contributed by atoms with Crippen LogP contribution in [0.3, 0.4) is 0 Å². The minimum atomic E-state index is -0.462. The van der Waals surface area contributed by atoms with Gasteiger partial charge in [-0.05, 0) is 58.0 Å². The number of nitrogens with one attached hydrogen (secondary N) is 2. The third-order valence-corrected chi connectivity index (χ3v) is 5.05. The van der Waals surface area contributed by atoms with Gasteiger partial charge in [0.2, 0.25) is 0 Å². The van der Waals surface area contributed by atoms with Gasteiger partial charge in [-0.1, -0.05) is 6.92 Å². The van der Waals surface area contributed by atoms with Crippen LogP contribution in [0.25, 0.3) is 0 Å². The van der Waals surface area contributed by atoms with E-state index >= 15 is 0 Å². The third-order valence-electron chi connectivity index (χ3n) is 5.05. The summed E-state index contributed by atoms with van der Waals surface area (Å²) in [4.78, 5) is 17.2. The zero-order valence-electron chi connectivity index (χ0n) is 13.0. The van der Waals surface area contributed by atoms with Crippen molar-refractivity contribution in [2.75, 3.05) is 19.7 Å². The van der Waals surface area contributed by atoms with E-state index in [0.717, 1.165) is 70.5 Å². The van der Waals surface area contributed by atoms with Crippen molar-refractivity contribution in [1.29, 1.82) is 0 Å². The number of amidine groups is 1. The molecular formula is C16H27N3O2. The third kappa shape index (κ3) is 3.14. The molecule has 1 saturated carbocycles. The van der Waals surface area contributed by atoms with Crippen molar-refractivity contribution in [3.63, 3.8) is 0 Å². The normalized spacial score (nSPS) is 32.0. The average Bonchev–Trinajstić information content (AvgIpc) is 2.83. The van der Waals surface area contributed by atoms with Crippen molar-refractivity contribution in [3.05, 3.63) is 0 Å². The Morgan fingerprint density at radius 3 is 2.62 bits per heavy atom. The van der Waals surface area contributed by atoms with E-state index in [2.05, 4.69) is 17.6 Å². The maximum Gasteiger partial charge on any atom is 0.253 e. The Morgan fingerprint density at radius 2 is 1.95 bits per heavy atom. The van der Waals surface area contributed by atoms with E-state index in [9.17, 15) is 4.79 Å². The molecule has 0 radical (unpaired) electrons. The van der Waals surface area contributed by atoms with Crippen LogP contribution >= 0.6 is 0 Å². The standard InChI is InChI=1S/C16H27N3O2/c1-2-11-21-13-5-3-12(4-6-13)14-18-15(20)16(19-14)7-9-17-10-8-16/h12-13,17H,2-11H2,1H3,(H,18,19,20). The quantitative estimate of drug-likeness (QED) is 0.828. The fraction of sp³-hybridized carbons (Fsp3) is 0.875. The summed E-state index contributed by atoms with van der Waals surface area (Å²) in [6.07, 6.45) is 7.51. The van der Waals surface area contributed by atoms with Crippen molar-refractivity contribution in [1.82, 2.24) is 10.6 Å². The average molecular weight is 293 g/mol. The fourth-order valence-electron chi connectivity index (χ4n) is 3.70. The second kappa shape index (κ2) is 6.44. The Bertz CT molecular complexity index is 408. The van der Waals surface area contributed by atoms with Crippen molar-refractivity contribution in [3.8, 4) is 0 Å². The first-order chi connectivity index (χ1) is 10.2. The Balaban J connectivity index is 1.58.